The van der Waals surface area contributed by atoms with Gasteiger partial charge < -0.3 is 20.7 Å². The fourth-order valence-corrected chi connectivity index (χ4v) is 1.78. The van der Waals surface area contributed by atoms with Crippen LogP contribution in [0, 0.1) is 5.82 Å². The lowest BCUT2D eigenvalue weighted by atomic mass is 10.3. The van der Waals surface area contributed by atoms with Gasteiger partial charge in [0, 0.05) is 32.0 Å². The Morgan fingerprint density at radius 2 is 2.08 bits per heavy atom. The Morgan fingerprint density at radius 1 is 1.29 bits per heavy atom. The van der Waals surface area contributed by atoms with Crippen molar-refractivity contribution in [1.82, 2.24) is 10.6 Å². The summed E-state index contributed by atoms with van der Waals surface area (Å²) in [5.41, 5.74) is 0.417. The van der Waals surface area contributed by atoms with Crippen LogP contribution in [0.3, 0.4) is 0 Å². The molecule has 1 rings (SSSR count). The molecule has 0 aliphatic carbocycles. The summed E-state index contributed by atoms with van der Waals surface area (Å²) in [4.78, 5) is 16.0. The number of ether oxygens (including phenoxy) is 1. The van der Waals surface area contributed by atoms with Gasteiger partial charge in [-0.2, -0.15) is 0 Å². The smallest absolute Gasteiger partial charge is 0.246 e. The second-order valence-electron chi connectivity index (χ2n) is 4.73. The normalized spacial score (nSPS) is 10.7. The van der Waals surface area contributed by atoms with Crippen molar-refractivity contribution in [2.45, 2.75) is 20.3 Å². The molecule has 0 saturated heterocycles. The van der Waals surface area contributed by atoms with E-state index in [1.54, 1.807) is 6.07 Å². The third-order valence-corrected chi connectivity index (χ3v) is 2.80. The number of hydrogen-bond donors (Lipinski definition) is 3. The Hall–Kier alpha value is -1.42. The number of rotatable bonds is 9. The van der Waals surface area contributed by atoms with Gasteiger partial charge in [-0.25, -0.2) is 9.38 Å². The first-order valence-corrected chi connectivity index (χ1v) is 7.81. The maximum Gasteiger partial charge on any atom is 0.246 e. The molecule has 136 valence electrons. The Labute approximate surface area is 159 Å². The fourth-order valence-electron chi connectivity index (χ4n) is 1.78. The lowest BCUT2D eigenvalue weighted by Gasteiger charge is -2.11. The van der Waals surface area contributed by atoms with Crippen molar-refractivity contribution in [2.24, 2.45) is 4.99 Å². The third kappa shape index (κ3) is 10.4. The molecule has 1 aromatic rings. The molecule has 0 saturated carbocycles. The minimum Gasteiger partial charge on any atom is -0.382 e. The fraction of sp³-hybridized carbons (Fsp3) is 0.500. The molecule has 8 heteroatoms. The van der Waals surface area contributed by atoms with Crippen molar-refractivity contribution in [2.75, 3.05) is 38.2 Å². The van der Waals surface area contributed by atoms with Gasteiger partial charge in [-0.05, 0) is 38.5 Å². The molecule has 1 aromatic carbocycles. The topological polar surface area (TPSA) is 74.8 Å². The van der Waals surface area contributed by atoms with Crippen molar-refractivity contribution in [3.63, 3.8) is 0 Å². The van der Waals surface area contributed by atoms with Gasteiger partial charge in [-0.1, -0.05) is 6.07 Å². The summed E-state index contributed by atoms with van der Waals surface area (Å²) >= 11 is 0. The van der Waals surface area contributed by atoms with Gasteiger partial charge in [-0.15, -0.1) is 24.0 Å². The van der Waals surface area contributed by atoms with Crippen LogP contribution in [0.15, 0.2) is 29.3 Å². The Kier molecular flexibility index (Phi) is 13.1. The summed E-state index contributed by atoms with van der Waals surface area (Å²) in [6.45, 7) is 6.65. The van der Waals surface area contributed by atoms with Crippen LogP contribution in [0.2, 0.25) is 0 Å². The number of aliphatic imine (C=N–C) groups is 1. The van der Waals surface area contributed by atoms with Crippen LogP contribution in [0.25, 0.3) is 0 Å². The zero-order chi connectivity index (χ0) is 16.9. The van der Waals surface area contributed by atoms with Crippen LogP contribution in [0.5, 0.6) is 0 Å². The predicted octanol–water partition coefficient (Wildman–Crippen LogP) is 2.36. The largest absolute Gasteiger partial charge is 0.382 e. The third-order valence-electron chi connectivity index (χ3n) is 2.80. The summed E-state index contributed by atoms with van der Waals surface area (Å²) in [7, 11) is 0. The van der Waals surface area contributed by atoms with Crippen LogP contribution in [-0.4, -0.2) is 44.7 Å². The molecule has 0 bridgehead atoms. The highest BCUT2D eigenvalue weighted by Crippen LogP contribution is 2.08. The molecule has 0 atom stereocenters. The minimum atomic E-state index is -0.393. The quantitative estimate of drug-likeness (QED) is 0.233. The Bertz CT molecular complexity index is 515. The maximum absolute atomic E-state index is 13.1. The Balaban J connectivity index is 0.00000529. The number of anilines is 1. The van der Waals surface area contributed by atoms with Gasteiger partial charge in [0.1, 0.15) is 12.4 Å². The second-order valence-corrected chi connectivity index (χ2v) is 4.73. The molecule has 6 nitrogen and oxygen atoms in total. The molecule has 24 heavy (non-hydrogen) atoms. The first-order chi connectivity index (χ1) is 11.2. The van der Waals surface area contributed by atoms with E-state index in [0.29, 0.717) is 38.0 Å². The highest BCUT2D eigenvalue weighted by molar-refractivity contribution is 14.0. The number of carbonyl (C=O) groups excluding carboxylic acids is 1. The van der Waals surface area contributed by atoms with Gasteiger partial charge in [0.2, 0.25) is 5.91 Å². The highest BCUT2D eigenvalue weighted by Gasteiger charge is 2.03. The molecule has 0 aliphatic rings. The zero-order valence-electron chi connectivity index (χ0n) is 14.1. The Morgan fingerprint density at radius 3 is 2.75 bits per heavy atom. The minimum absolute atomic E-state index is 0. The van der Waals surface area contributed by atoms with Gasteiger partial charge in [-0.3, -0.25) is 4.79 Å². The summed E-state index contributed by atoms with van der Waals surface area (Å²) in [5, 5.41) is 8.79. The number of benzene rings is 1. The number of guanidine groups is 1. The molecule has 0 unspecified atom stereocenters. The molecule has 1 amide bonds. The molecular formula is C16H26FIN4O2. The van der Waals surface area contributed by atoms with Crippen LogP contribution < -0.4 is 16.0 Å². The van der Waals surface area contributed by atoms with Gasteiger partial charge in [0.05, 0.1) is 0 Å². The van der Waals surface area contributed by atoms with E-state index in [0.717, 1.165) is 6.42 Å². The molecule has 3 N–H and O–H groups in total. The zero-order valence-corrected chi connectivity index (χ0v) is 16.4. The molecule has 0 heterocycles. The first-order valence-electron chi connectivity index (χ1n) is 7.81. The van der Waals surface area contributed by atoms with Crippen molar-refractivity contribution < 1.29 is 13.9 Å². The van der Waals surface area contributed by atoms with E-state index in [-0.39, 0.29) is 36.4 Å². The summed E-state index contributed by atoms with van der Waals surface area (Å²) in [5.74, 6) is -0.129. The van der Waals surface area contributed by atoms with E-state index in [1.165, 1.54) is 18.2 Å². The molecule has 0 radical (unpaired) electrons. The average molecular weight is 452 g/mol. The van der Waals surface area contributed by atoms with E-state index < -0.39 is 5.82 Å². The number of amides is 1. The number of nitrogens with one attached hydrogen (secondary N) is 3. The van der Waals surface area contributed by atoms with Crippen LogP contribution >= 0.6 is 24.0 Å². The van der Waals surface area contributed by atoms with E-state index in [1.807, 2.05) is 13.8 Å². The van der Waals surface area contributed by atoms with E-state index >= 15 is 0 Å². The van der Waals surface area contributed by atoms with Crippen molar-refractivity contribution >= 4 is 41.5 Å². The average Bonchev–Trinajstić information content (AvgIpc) is 2.52. The highest BCUT2D eigenvalue weighted by atomic mass is 127. The number of halogens is 2. The van der Waals surface area contributed by atoms with Crippen LogP contribution in [-0.2, 0) is 9.53 Å². The van der Waals surface area contributed by atoms with E-state index in [9.17, 15) is 9.18 Å². The summed E-state index contributed by atoms with van der Waals surface area (Å²) < 4.78 is 18.3. The molecule has 0 fully saturated rings. The van der Waals surface area contributed by atoms with Crippen molar-refractivity contribution in [3.05, 3.63) is 30.1 Å². The van der Waals surface area contributed by atoms with Crippen molar-refractivity contribution in [1.29, 1.82) is 0 Å². The molecular weight excluding hydrogens is 426 g/mol. The predicted molar refractivity (Wildman–Crippen MR) is 106 cm³/mol. The maximum atomic E-state index is 13.1. The standard InChI is InChI=1S/C16H25FN4O2.HI/c1-3-18-16(19-9-6-10-23-4-2)20-12-15(22)21-14-8-5-7-13(17)11-14;/h5,7-8,11H,3-4,6,9-10,12H2,1-2H3,(H,21,22)(H2,18,19,20);1H. The first kappa shape index (κ1) is 22.6. The SMILES string of the molecule is CCNC(=NCC(=O)Nc1cccc(F)c1)NCCCOCC.I. The van der Waals surface area contributed by atoms with E-state index in [2.05, 4.69) is 20.9 Å². The molecule has 0 aromatic heterocycles. The molecule has 0 spiro atoms. The second kappa shape index (κ2) is 14.0. The lowest BCUT2D eigenvalue weighted by Crippen LogP contribution is -2.38. The monoisotopic (exact) mass is 452 g/mol. The summed E-state index contributed by atoms with van der Waals surface area (Å²) in [6.07, 6.45) is 0.855. The summed E-state index contributed by atoms with van der Waals surface area (Å²) in [6, 6.07) is 5.75. The van der Waals surface area contributed by atoms with Crippen LogP contribution in [0.1, 0.15) is 20.3 Å². The van der Waals surface area contributed by atoms with Crippen molar-refractivity contribution in [3.8, 4) is 0 Å². The van der Waals surface area contributed by atoms with E-state index in [4.69, 9.17) is 4.74 Å². The lowest BCUT2D eigenvalue weighted by molar-refractivity contribution is -0.114. The van der Waals surface area contributed by atoms with Gasteiger partial charge in [0.15, 0.2) is 5.96 Å². The number of hydrogen-bond acceptors (Lipinski definition) is 3. The van der Waals surface area contributed by atoms with Crippen LogP contribution in [0.4, 0.5) is 10.1 Å². The number of nitrogens with zero attached hydrogens (tertiary/aromatic N) is 1. The number of carbonyl (C=O) groups is 1. The van der Waals surface area contributed by atoms with Gasteiger partial charge in [0.25, 0.3) is 0 Å². The molecule has 0 aliphatic heterocycles. The van der Waals surface area contributed by atoms with Gasteiger partial charge >= 0.3 is 0 Å².